The van der Waals surface area contributed by atoms with Gasteiger partial charge in [0.2, 0.25) is 11.1 Å². The van der Waals surface area contributed by atoms with Crippen LogP contribution in [0.15, 0.2) is 95.3 Å². The van der Waals surface area contributed by atoms with E-state index in [0.29, 0.717) is 33.7 Å². The monoisotopic (exact) mass is 527 g/mol. The van der Waals surface area contributed by atoms with E-state index in [-0.39, 0.29) is 12.3 Å². The number of hydrogen-bond acceptors (Lipinski definition) is 8. The molecule has 38 heavy (non-hydrogen) atoms. The number of hydrogen-bond donors (Lipinski definition) is 1. The van der Waals surface area contributed by atoms with Crippen molar-refractivity contribution in [2.24, 2.45) is 0 Å². The van der Waals surface area contributed by atoms with E-state index in [9.17, 15) is 14.9 Å². The molecule has 0 spiro atoms. The van der Waals surface area contributed by atoms with Gasteiger partial charge in [-0.1, -0.05) is 66.4 Å². The molecular formula is C28H25N5O4S. The van der Waals surface area contributed by atoms with Crippen molar-refractivity contribution >= 4 is 29.4 Å². The second-order valence-electron chi connectivity index (χ2n) is 8.65. The molecule has 0 amide bonds. The summed E-state index contributed by atoms with van der Waals surface area (Å²) >= 11 is 1.49. The normalized spacial score (nSPS) is 14.5. The number of rotatable bonds is 8. The number of ether oxygens (including phenoxy) is 1. The Balaban J connectivity index is 1.40. The van der Waals surface area contributed by atoms with Gasteiger partial charge in [-0.2, -0.15) is 4.98 Å². The average molecular weight is 528 g/mol. The number of thioether (sulfide) groups is 1. The Bertz CT molecular complexity index is 1500. The molecule has 0 aliphatic carbocycles. The van der Waals surface area contributed by atoms with Crippen LogP contribution >= 0.6 is 11.8 Å². The summed E-state index contributed by atoms with van der Waals surface area (Å²) in [4.78, 5) is 28.3. The summed E-state index contributed by atoms with van der Waals surface area (Å²) in [6, 6.07) is 24.0. The number of aromatic nitrogens is 3. The molecule has 1 aliphatic heterocycles. The predicted molar refractivity (Wildman–Crippen MR) is 146 cm³/mol. The van der Waals surface area contributed by atoms with Crippen LogP contribution < -0.4 is 5.32 Å². The number of non-ortho nitro benzene ring substituents is 1. The SMILES string of the molecule is CCOC(=O)C1=C(C)Nc2nc(SCc3ccc(-c4ccccc4)cc3)nn2C1c1ccc([N+](=O)[O-])cc1. The zero-order valence-corrected chi connectivity index (χ0v) is 21.6. The van der Waals surface area contributed by atoms with Crippen molar-refractivity contribution in [3.63, 3.8) is 0 Å². The largest absolute Gasteiger partial charge is 0.463 e. The highest BCUT2D eigenvalue weighted by Gasteiger charge is 2.35. The maximum absolute atomic E-state index is 12.9. The van der Waals surface area contributed by atoms with E-state index in [0.717, 1.165) is 11.1 Å². The first-order chi connectivity index (χ1) is 18.4. The molecule has 0 saturated heterocycles. The molecule has 0 bridgehead atoms. The van der Waals surface area contributed by atoms with Crippen molar-refractivity contribution in [3.8, 4) is 11.1 Å². The Morgan fingerprint density at radius 1 is 1.05 bits per heavy atom. The molecule has 1 aliphatic rings. The van der Waals surface area contributed by atoms with Crippen LogP contribution in [-0.2, 0) is 15.3 Å². The first-order valence-electron chi connectivity index (χ1n) is 12.1. The van der Waals surface area contributed by atoms with Crippen LogP contribution in [0.1, 0.15) is 31.0 Å². The summed E-state index contributed by atoms with van der Waals surface area (Å²) in [5, 5.41) is 19.6. The topological polar surface area (TPSA) is 112 Å². The second-order valence-corrected chi connectivity index (χ2v) is 9.59. The number of anilines is 1. The fourth-order valence-electron chi connectivity index (χ4n) is 4.32. The lowest BCUT2D eigenvalue weighted by Crippen LogP contribution is -2.29. The third-order valence-corrected chi connectivity index (χ3v) is 7.09. The second kappa shape index (κ2) is 10.9. The van der Waals surface area contributed by atoms with Gasteiger partial charge in [-0.15, -0.1) is 5.10 Å². The fourth-order valence-corrected chi connectivity index (χ4v) is 5.11. The molecule has 3 aromatic carbocycles. The molecule has 0 radical (unpaired) electrons. The highest BCUT2D eigenvalue weighted by molar-refractivity contribution is 7.98. The number of nitrogens with zero attached hydrogens (tertiary/aromatic N) is 4. The van der Waals surface area contributed by atoms with Crippen LogP contribution in [-0.4, -0.2) is 32.3 Å². The summed E-state index contributed by atoms with van der Waals surface area (Å²) in [7, 11) is 0. The minimum atomic E-state index is -0.641. The number of nitro benzene ring substituents is 1. The molecule has 0 saturated carbocycles. The van der Waals surface area contributed by atoms with E-state index in [1.54, 1.807) is 30.7 Å². The Labute approximate surface area is 223 Å². The highest BCUT2D eigenvalue weighted by atomic mass is 32.2. The van der Waals surface area contributed by atoms with Gasteiger partial charge in [0.25, 0.3) is 5.69 Å². The molecule has 4 aromatic rings. The first kappa shape index (κ1) is 25.2. The van der Waals surface area contributed by atoms with Crippen molar-refractivity contribution in [1.82, 2.24) is 14.8 Å². The Hall–Kier alpha value is -4.44. The van der Waals surface area contributed by atoms with Crippen molar-refractivity contribution in [1.29, 1.82) is 0 Å². The van der Waals surface area contributed by atoms with Crippen molar-refractivity contribution in [2.75, 3.05) is 11.9 Å². The molecule has 9 nitrogen and oxygen atoms in total. The van der Waals surface area contributed by atoms with E-state index in [2.05, 4.69) is 46.7 Å². The Morgan fingerprint density at radius 3 is 2.39 bits per heavy atom. The van der Waals surface area contributed by atoms with Gasteiger partial charge >= 0.3 is 5.97 Å². The minimum Gasteiger partial charge on any atom is -0.463 e. The summed E-state index contributed by atoms with van der Waals surface area (Å²) in [5.74, 6) is 0.674. The van der Waals surface area contributed by atoms with Crippen LogP contribution in [0, 0.1) is 10.1 Å². The summed E-state index contributed by atoms with van der Waals surface area (Å²) in [5.41, 5.74) is 5.06. The van der Waals surface area contributed by atoms with Gasteiger partial charge in [-0.05, 0) is 48.2 Å². The number of benzene rings is 3. The lowest BCUT2D eigenvalue weighted by atomic mass is 9.95. The van der Waals surface area contributed by atoms with E-state index in [1.165, 1.54) is 29.5 Å². The van der Waals surface area contributed by atoms with Crippen LogP contribution in [0.5, 0.6) is 0 Å². The number of esters is 1. The van der Waals surface area contributed by atoms with Gasteiger partial charge in [0.1, 0.15) is 6.04 Å². The molecule has 192 valence electrons. The van der Waals surface area contributed by atoms with E-state index in [4.69, 9.17) is 9.84 Å². The van der Waals surface area contributed by atoms with E-state index >= 15 is 0 Å². The summed E-state index contributed by atoms with van der Waals surface area (Å²) < 4.78 is 6.96. The van der Waals surface area contributed by atoms with Crippen molar-refractivity contribution in [2.45, 2.75) is 30.8 Å². The van der Waals surface area contributed by atoms with Gasteiger partial charge in [0, 0.05) is 23.6 Å². The van der Waals surface area contributed by atoms with Crippen molar-refractivity contribution < 1.29 is 14.5 Å². The van der Waals surface area contributed by atoms with Gasteiger partial charge in [-0.25, -0.2) is 9.48 Å². The van der Waals surface area contributed by atoms with Crippen LogP contribution in [0.3, 0.4) is 0 Å². The lowest BCUT2D eigenvalue weighted by Gasteiger charge is -2.28. The van der Waals surface area contributed by atoms with Gasteiger partial charge < -0.3 is 10.1 Å². The number of fused-ring (bicyclic) bond motifs is 1. The zero-order chi connectivity index (χ0) is 26.6. The lowest BCUT2D eigenvalue weighted by molar-refractivity contribution is -0.384. The number of carbonyl (C=O) groups excluding carboxylic acids is 1. The molecule has 1 atom stereocenters. The highest BCUT2D eigenvalue weighted by Crippen LogP contribution is 2.37. The molecule has 1 N–H and O–H groups in total. The quantitative estimate of drug-likeness (QED) is 0.129. The Kier molecular flexibility index (Phi) is 7.23. The average Bonchev–Trinajstić information content (AvgIpc) is 3.34. The summed E-state index contributed by atoms with van der Waals surface area (Å²) in [6.07, 6.45) is 0. The molecule has 2 heterocycles. The van der Waals surface area contributed by atoms with Crippen LogP contribution in [0.4, 0.5) is 11.6 Å². The molecule has 5 rings (SSSR count). The number of nitro groups is 1. The molecule has 0 fully saturated rings. The zero-order valence-electron chi connectivity index (χ0n) is 20.8. The van der Waals surface area contributed by atoms with Gasteiger partial charge in [0.15, 0.2) is 0 Å². The van der Waals surface area contributed by atoms with E-state index < -0.39 is 16.9 Å². The van der Waals surface area contributed by atoms with Crippen LogP contribution in [0.2, 0.25) is 0 Å². The number of nitrogens with one attached hydrogen (secondary N) is 1. The molecular weight excluding hydrogens is 502 g/mol. The van der Waals surface area contributed by atoms with Crippen LogP contribution in [0.25, 0.3) is 11.1 Å². The van der Waals surface area contributed by atoms with E-state index in [1.807, 2.05) is 18.2 Å². The van der Waals surface area contributed by atoms with Crippen molar-refractivity contribution in [3.05, 3.63) is 111 Å². The number of allylic oxidation sites excluding steroid dienone is 1. The summed E-state index contributed by atoms with van der Waals surface area (Å²) in [6.45, 7) is 3.74. The fraction of sp³-hybridized carbons (Fsp3) is 0.179. The van der Waals surface area contributed by atoms with Gasteiger partial charge in [-0.3, -0.25) is 10.1 Å². The predicted octanol–water partition coefficient (Wildman–Crippen LogP) is 6.00. The smallest absolute Gasteiger partial charge is 0.338 e. The molecule has 1 aromatic heterocycles. The third kappa shape index (κ3) is 5.16. The van der Waals surface area contributed by atoms with Gasteiger partial charge in [0.05, 0.1) is 17.1 Å². The number of carbonyl (C=O) groups is 1. The minimum absolute atomic E-state index is 0.0330. The molecule has 1 unspecified atom stereocenters. The first-order valence-corrected chi connectivity index (χ1v) is 13.1. The molecule has 10 heteroatoms. The maximum Gasteiger partial charge on any atom is 0.338 e. The Morgan fingerprint density at radius 2 is 1.74 bits per heavy atom. The standard InChI is InChI=1S/C28H25N5O4S/c1-3-37-26(34)24-18(2)29-27-30-28(31-32(27)25(24)22-13-15-23(16-14-22)33(35)36)38-17-19-9-11-21(12-10-19)20-7-5-4-6-8-20/h4-16,25H,3,17H2,1-2H3,(H,29,30,31). The maximum atomic E-state index is 12.9. The third-order valence-electron chi connectivity index (χ3n) is 6.18.